The van der Waals surface area contributed by atoms with Crippen LogP contribution >= 0.6 is 23.5 Å². The highest BCUT2D eigenvalue weighted by Gasteiger charge is 2.16. The summed E-state index contributed by atoms with van der Waals surface area (Å²) in [7, 11) is 0. The molecule has 1 aliphatic rings. The van der Waals surface area contributed by atoms with Gasteiger partial charge in [-0.25, -0.2) is 0 Å². The highest BCUT2D eigenvalue weighted by molar-refractivity contribution is 8.05. The molecule has 1 aliphatic heterocycles. The van der Waals surface area contributed by atoms with E-state index in [4.69, 9.17) is 0 Å². The minimum absolute atomic E-state index is 0.239. The van der Waals surface area contributed by atoms with Crippen LogP contribution in [0.15, 0.2) is 163 Å². The Hall–Kier alpha value is -4.19. The minimum Gasteiger partial charge on any atom is -0.298 e. The van der Waals surface area contributed by atoms with Crippen LogP contribution in [-0.2, 0) is 0 Å². The van der Waals surface area contributed by atoms with Crippen molar-refractivity contribution in [2.45, 2.75) is 25.7 Å². The Labute approximate surface area is 237 Å². The van der Waals surface area contributed by atoms with Gasteiger partial charge in [0.15, 0.2) is 6.17 Å². The first kappa shape index (κ1) is 26.4. The van der Waals surface area contributed by atoms with Crippen molar-refractivity contribution in [3.63, 3.8) is 0 Å². The molecule has 6 rings (SSSR count). The Morgan fingerprint density at radius 3 is 1.49 bits per heavy atom. The maximum atomic E-state index is 10.7. The van der Waals surface area contributed by atoms with Crippen molar-refractivity contribution in [1.29, 1.82) is 0 Å². The molecule has 0 aliphatic carbocycles. The lowest BCUT2D eigenvalue weighted by Crippen LogP contribution is -1.94. The average molecular weight is 543 g/mol. The molecule has 0 spiro atoms. The van der Waals surface area contributed by atoms with E-state index in [-0.39, 0.29) is 6.17 Å². The number of aliphatic imine (C=N–C) groups is 2. The van der Waals surface area contributed by atoms with E-state index < -0.39 is 0 Å². The molecule has 0 bridgehead atoms. The fraction of sp³-hybridized carbons (Fsp3) is 0.0294. The lowest BCUT2D eigenvalue weighted by atomic mass is 10.1. The average Bonchev–Trinajstić information content (AvgIpc) is 3.01. The number of carbonyl (C=O) groups is 1. The minimum atomic E-state index is -0.239. The molecule has 0 unspecified atom stereocenters. The smallest absolute Gasteiger partial charge is 0.165 e. The summed E-state index contributed by atoms with van der Waals surface area (Å²) < 4.78 is 0. The molecule has 0 atom stereocenters. The Kier molecular flexibility index (Phi) is 9.18. The number of aldehydes is 1. The SMILES string of the molecule is C(=NC(N=Cc1ccccc1)c1ccccc1)c1ccccc1.O=Cc1ccc2c(c1)Sc1ccccc1S2. The molecular formula is C34H26N2OS2. The van der Waals surface area contributed by atoms with E-state index in [1.54, 1.807) is 23.5 Å². The van der Waals surface area contributed by atoms with E-state index >= 15 is 0 Å². The zero-order valence-corrected chi connectivity index (χ0v) is 22.8. The normalized spacial score (nSPS) is 12.7. The van der Waals surface area contributed by atoms with Crippen LogP contribution in [-0.4, -0.2) is 18.7 Å². The van der Waals surface area contributed by atoms with Gasteiger partial charge in [0.1, 0.15) is 6.29 Å². The second-order valence-electron chi connectivity index (χ2n) is 8.64. The molecule has 5 aromatic rings. The molecule has 0 N–H and O–H groups in total. The molecule has 39 heavy (non-hydrogen) atoms. The van der Waals surface area contributed by atoms with E-state index in [2.05, 4.69) is 40.3 Å². The number of benzene rings is 5. The zero-order valence-electron chi connectivity index (χ0n) is 21.1. The lowest BCUT2D eigenvalue weighted by molar-refractivity contribution is 0.112. The molecule has 0 fully saturated rings. The number of nitrogens with zero attached hydrogens (tertiary/aromatic N) is 2. The zero-order chi connectivity index (χ0) is 26.7. The number of carbonyl (C=O) groups excluding carboxylic acids is 1. The van der Waals surface area contributed by atoms with Gasteiger partial charge in [-0.15, -0.1) is 0 Å². The van der Waals surface area contributed by atoms with E-state index in [9.17, 15) is 4.79 Å². The second-order valence-corrected chi connectivity index (χ2v) is 10.8. The second kappa shape index (κ2) is 13.6. The molecule has 0 saturated carbocycles. The fourth-order valence-corrected chi connectivity index (χ4v) is 6.11. The summed E-state index contributed by atoms with van der Waals surface area (Å²) in [5.74, 6) is 0. The van der Waals surface area contributed by atoms with E-state index in [0.29, 0.717) is 0 Å². The first-order valence-corrected chi connectivity index (χ1v) is 14.2. The Bertz CT molecular complexity index is 1520. The van der Waals surface area contributed by atoms with Crippen LogP contribution in [0.25, 0.3) is 0 Å². The van der Waals surface area contributed by atoms with Gasteiger partial charge in [0, 0.05) is 37.6 Å². The quantitative estimate of drug-likeness (QED) is 0.156. The third kappa shape index (κ3) is 7.44. The highest BCUT2D eigenvalue weighted by Crippen LogP contribution is 2.48. The number of rotatable bonds is 6. The van der Waals surface area contributed by atoms with Crippen molar-refractivity contribution >= 4 is 42.2 Å². The van der Waals surface area contributed by atoms with Crippen molar-refractivity contribution < 1.29 is 4.79 Å². The van der Waals surface area contributed by atoms with Gasteiger partial charge in [0.2, 0.25) is 0 Å². The molecule has 1 heterocycles. The van der Waals surface area contributed by atoms with E-state index in [0.717, 1.165) is 28.5 Å². The van der Waals surface area contributed by atoms with Gasteiger partial charge < -0.3 is 0 Å². The Balaban J connectivity index is 0.000000168. The standard InChI is InChI=1S/C21H18N2.C13H8OS2/c1-4-10-18(11-5-1)16-22-21(20-14-8-3-9-15-20)23-17-19-12-6-2-7-13-19;14-8-9-5-6-12-13(7-9)16-11-4-2-1-3-10(11)15-12/h1-17,21H;1-8H. The summed E-state index contributed by atoms with van der Waals surface area (Å²) in [6.07, 6.45) is 4.41. The molecule has 0 saturated heterocycles. The molecule has 190 valence electrons. The first-order valence-electron chi connectivity index (χ1n) is 12.5. The number of hydrogen-bond acceptors (Lipinski definition) is 5. The molecule has 0 radical (unpaired) electrons. The first-order chi connectivity index (χ1) is 19.3. The summed E-state index contributed by atoms with van der Waals surface area (Å²) >= 11 is 3.50. The van der Waals surface area contributed by atoms with Gasteiger partial charge in [0.25, 0.3) is 0 Å². The highest BCUT2D eigenvalue weighted by atomic mass is 32.2. The summed E-state index contributed by atoms with van der Waals surface area (Å²) in [5, 5.41) is 0. The lowest BCUT2D eigenvalue weighted by Gasteiger charge is -2.17. The van der Waals surface area contributed by atoms with Gasteiger partial charge in [-0.05, 0) is 41.0 Å². The van der Waals surface area contributed by atoms with E-state index in [1.807, 2.05) is 116 Å². The van der Waals surface area contributed by atoms with Gasteiger partial charge in [-0.1, -0.05) is 133 Å². The summed E-state index contributed by atoms with van der Waals surface area (Å²) in [4.78, 5) is 25.0. The number of hydrogen-bond donors (Lipinski definition) is 0. The van der Waals surface area contributed by atoms with Crippen molar-refractivity contribution in [2.24, 2.45) is 9.98 Å². The Morgan fingerprint density at radius 2 is 0.949 bits per heavy atom. The van der Waals surface area contributed by atoms with Crippen molar-refractivity contribution in [1.82, 2.24) is 0 Å². The third-order valence-corrected chi connectivity index (χ3v) is 8.36. The van der Waals surface area contributed by atoms with Crippen LogP contribution < -0.4 is 0 Å². The van der Waals surface area contributed by atoms with Crippen molar-refractivity contribution in [3.8, 4) is 0 Å². The van der Waals surface area contributed by atoms with Crippen LogP contribution in [0.4, 0.5) is 0 Å². The third-order valence-electron chi connectivity index (χ3n) is 5.82. The van der Waals surface area contributed by atoms with Crippen LogP contribution in [0.2, 0.25) is 0 Å². The predicted molar refractivity (Wildman–Crippen MR) is 164 cm³/mol. The van der Waals surface area contributed by atoms with Gasteiger partial charge in [-0.3, -0.25) is 14.8 Å². The monoisotopic (exact) mass is 542 g/mol. The topological polar surface area (TPSA) is 41.8 Å². The van der Waals surface area contributed by atoms with E-state index in [1.165, 1.54) is 19.6 Å². The molecule has 0 amide bonds. The fourth-order valence-electron chi connectivity index (χ4n) is 3.85. The summed E-state index contributed by atoms with van der Waals surface area (Å²) in [5.41, 5.74) is 3.96. The maximum Gasteiger partial charge on any atom is 0.165 e. The molecule has 5 heteroatoms. The van der Waals surface area contributed by atoms with Gasteiger partial charge >= 0.3 is 0 Å². The van der Waals surface area contributed by atoms with Gasteiger partial charge in [0.05, 0.1) is 0 Å². The molecule has 5 aromatic carbocycles. The Morgan fingerprint density at radius 1 is 0.487 bits per heavy atom. The summed E-state index contributed by atoms with van der Waals surface area (Å²) in [6.45, 7) is 0. The largest absolute Gasteiger partial charge is 0.298 e. The number of fused-ring (bicyclic) bond motifs is 2. The van der Waals surface area contributed by atoms with Crippen LogP contribution in [0, 0.1) is 0 Å². The molecular weight excluding hydrogens is 517 g/mol. The van der Waals surface area contributed by atoms with Crippen LogP contribution in [0.1, 0.15) is 33.2 Å². The molecule has 3 nitrogen and oxygen atoms in total. The predicted octanol–water partition coefficient (Wildman–Crippen LogP) is 9.04. The van der Waals surface area contributed by atoms with Crippen LogP contribution in [0.5, 0.6) is 0 Å². The van der Waals surface area contributed by atoms with Crippen molar-refractivity contribution in [2.75, 3.05) is 0 Å². The van der Waals surface area contributed by atoms with Gasteiger partial charge in [-0.2, -0.15) is 0 Å². The van der Waals surface area contributed by atoms with Crippen molar-refractivity contribution in [3.05, 3.63) is 156 Å². The summed E-state index contributed by atoms with van der Waals surface area (Å²) in [6, 6.07) is 44.5. The maximum absolute atomic E-state index is 10.7. The van der Waals surface area contributed by atoms with Crippen LogP contribution in [0.3, 0.4) is 0 Å². The molecule has 0 aromatic heterocycles.